The zero-order valence-electron chi connectivity index (χ0n) is 10.4. The lowest BCUT2D eigenvalue weighted by atomic mass is 10.1. The third kappa shape index (κ3) is 3.47. The summed E-state index contributed by atoms with van der Waals surface area (Å²) in [7, 11) is -3.59. The van der Waals surface area contributed by atoms with Gasteiger partial charge in [0.1, 0.15) is 0 Å². The van der Waals surface area contributed by atoms with Crippen LogP contribution in [0.5, 0.6) is 0 Å². The largest absolute Gasteiger partial charge is 0.313 e. The van der Waals surface area contributed by atoms with E-state index in [1.54, 1.807) is 13.0 Å². The van der Waals surface area contributed by atoms with E-state index in [9.17, 15) is 8.42 Å². The van der Waals surface area contributed by atoms with Crippen LogP contribution in [0.25, 0.3) is 0 Å². The van der Waals surface area contributed by atoms with Gasteiger partial charge in [0, 0.05) is 24.5 Å². The number of piperidine rings is 1. The van der Waals surface area contributed by atoms with E-state index in [-0.39, 0.29) is 11.2 Å². The minimum absolute atomic E-state index is 0.154. The summed E-state index contributed by atoms with van der Waals surface area (Å²) >= 11 is 0. The Balaban J connectivity index is 1.98. The fourth-order valence-electron chi connectivity index (χ4n) is 1.93. The van der Waals surface area contributed by atoms with E-state index in [0.717, 1.165) is 25.8 Å². The molecule has 1 unspecified atom stereocenters. The van der Waals surface area contributed by atoms with Crippen LogP contribution in [0.15, 0.2) is 17.4 Å². The summed E-state index contributed by atoms with van der Waals surface area (Å²) in [5, 5.41) is 3.13. The van der Waals surface area contributed by atoms with Crippen molar-refractivity contribution < 1.29 is 8.42 Å². The maximum atomic E-state index is 12.0. The number of sulfonamides is 1. The van der Waals surface area contributed by atoms with Crippen LogP contribution in [0.4, 0.5) is 0 Å². The Bertz CT molecular complexity index is 498. The van der Waals surface area contributed by atoms with Gasteiger partial charge in [0.15, 0.2) is 0 Å². The molecule has 0 bridgehead atoms. The summed E-state index contributed by atoms with van der Waals surface area (Å²) < 4.78 is 26.5. The Kier molecular flexibility index (Phi) is 4.26. The number of aromatic nitrogens is 2. The summed E-state index contributed by atoms with van der Waals surface area (Å²) in [6.07, 6.45) is 4.75. The van der Waals surface area contributed by atoms with Crippen LogP contribution in [0.3, 0.4) is 0 Å². The first-order valence-corrected chi connectivity index (χ1v) is 7.59. The summed E-state index contributed by atoms with van der Waals surface area (Å²) in [4.78, 5) is 7.72. The molecule has 6 nitrogen and oxygen atoms in total. The van der Waals surface area contributed by atoms with Gasteiger partial charge in [-0.1, -0.05) is 6.42 Å². The molecule has 1 aliphatic rings. The number of nitrogens with one attached hydrogen (secondary N) is 2. The number of hydrogen-bond acceptors (Lipinski definition) is 5. The Labute approximate surface area is 107 Å². The zero-order chi connectivity index (χ0) is 13.0. The quantitative estimate of drug-likeness (QED) is 0.764. The van der Waals surface area contributed by atoms with Gasteiger partial charge in [-0.25, -0.2) is 23.1 Å². The molecule has 0 aliphatic carbocycles. The van der Waals surface area contributed by atoms with Gasteiger partial charge in [-0.15, -0.1) is 0 Å². The molecule has 2 N–H and O–H groups in total. The van der Waals surface area contributed by atoms with Gasteiger partial charge in [0.2, 0.25) is 0 Å². The third-order valence-electron chi connectivity index (χ3n) is 2.95. The minimum atomic E-state index is -3.59. The van der Waals surface area contributed by atoms with Crippen molar-refractivity contribution in [3.63, 3.8) is 0 Å². The van der Waals surface area contributed by atoms with Crippen molar-refractivity contribution >= 4 is 10.0 Å². The molecule has 1 aromatic heterocycles. The Hall–Kier alpha value is -1.05. The van der Waals surface area contributed by atoms with Gasteiger partial charge in [0.25, 0.3) is 15.2 Å². The van der Waals surface area contributed by atoms with E-state index >= 15 is 0 Å². The van der Waals surface area contributed by atoms with Crippen LogP contribution in [-0.2, 0) is 10.0 Å². The Morgan fingerprint density at radius 2 is 2.33 bits per heavy atom. The summed E-state index contributed by atoms with van der Waals surface area (Å²) in [6.45, 7) is 3.08. The van der Waals surface area contributed by atoms with Gasteiger partial charge in [-0.2, -0.15) is 0 Å². The molecule has 1 saturated heterocycles. The van der Waals surface area contributed by atoms with Crippen LogP contribution in [0.2, 0.25) is 0 Å². The normalized spacial score (nSPS) is 20.8. The number of aryl methyl sites for hydroxylation is 1. The van der Waals surface area contributed by atoms with Crippen molar-refractivity contribution in [3.8, 4) is 0 Å². The van der Waals surface area contributed by atoms with Gasteiger partial charge in [0.05, 0.1) is 0 Å². The lowest BCUT2D eigenvalue weighted by Gasteiger charge is -2.23. The molecule has 18 heavy (non-hydrogen) atoms. The Morgan fingerprint density at radius 3 is 3.00 bits per heavy atom. The van der Waals surface area contributed by atoms with Crippen molar-refractivity contribution in [2.75, 3.05) is 13.1 Å². The van der Waals surface area contributed by atoms with Crippen molar-refractivity contribution in [1.29, 1.82) is 0 Å². The molecular weight excluding hydrogens is 252 g/mol. The minimum Gasteiger partial charge on any atom is -0.313 e. The first-order valence-electron chi connectivity index (χ1n) is 6.10. The maximum absolute atomic E-state index is 12.0. The molecule has 0 saturated carbocycles. The van der Waals surface area contributed by atoms with Crippen molar-refractivity contribution in [2.24, 2.45) is 0 Å². The summed E-state index contributed by atoms with van der Waals surface area (Å²) in [5.41, 5.74) is 0.640. The number of rotatable bonds is 4. The van der Waals surface area contributed by atoms with E-state index in [1.165, 1.54) is 6.20 Å². The second-order valence-electron chi connectivity index (χ2n) is 4.48. The molecule has 1 aliphatic heterocycles. The smallest absolute Gasteiger partial charge is 0.276 e. The van der Waals surface area contributed by atoms with Crippen LogP contribution < -0.4 is 10.0 Å². The average Bonchev–Trinajstić information content (AvgIpc) is 2.38. The summed E-state index contributed by atoms with van der Waals surface area (Å²) in [6, 6.07) is 1.88. The van der Waals surface area contributed by atoms with Gasteiger partial charge < -0.3 is 5.32 Å². The SMILES string of the molecule is Cc1ccnc(S(=O)(=O)NCC2CCCCN2)n1. The molecule has 0 aromatic carbocycles. The first-order chi connectivity index (χ1) is 8.58. The summed E-state index contributed by atoms with van der Waals surface area (Å²) in [5.74, 6) is 0. The topological polar surface area (TPSA) is 84.0 Å². The van der Waals surface area contributed by atoms with Gasteiger partial charge in [-0.3, -0.25) is 0 Å². The lowest BCUT2D eigenvalue weighted by molar-refractivity contribution is 0.398. The van der Waals surface area contributed by atoms with E-state index in [0.29, 0.717) is 12.2 Å². The highest BCUT2D eigenvalue weighted by molar-refractivity contribution is 7.89. The molecule has 7 heteroatoms. The molecule has 1 aromatic rings. The zero-order valence-corrected chi connectivity index (χ0v) is 11.2. The van der Waals surface area contributed by atoms with E-state index in [1.807, 2.05) is 0 Å². The molecule has 2 heterocycles. The molecule has 0 amide bonds. The molecule has 1 fully saturated rings. The highest BCUT2D eigenvalue weighted by Gasteiger charge is 2.20. The monoisotopic (exact) mass is 270 g/mol. The maximum Gasteiger partial charge on any atom is 0.276 e. The molecule has 1 atom stereocenters. The predicted octanol–water partition coefficient (Wildman–Crippen LogP) is 0.205. The highest BCUT2D eigenvalue weighted by Crippen LogP contribution is 2.07. The van der Waals surface area contributed by atoms with E-state index in [4.69, 9.17) is 0 Å². The second-order valence-corrected chi connectivity index (χ2v) is 6.14. The number of hydrogen-bond donors (Lipinski definition) is 2. The molecule has 100 valence electrons. The van der Waals surface area contributed by atoms with Crippen molar-refractivity contribution in [3.05, 3.63) is 18.0 Å². The van der Waals surface area contributed by atoms with Gasteiger partial charge in [-0.05, 0) is 32.4 Å². The Morgan fingerprint density at radius 1 is 1.50 bits per heavy atom. The third-order valence-corrected chi connectivity index (χ3v) is 4.17. The molecule has 0 radical (unpaired) electrons. The van der Waals surface area contributed by atoms with E-state index < -0.39 is 10.0 Å². The predicted molar refractivity (Wildman–Crippen MR) is 67.6 cm³/mol. The van der Waals surface area contributed by atoms with Gasteiger partial charge >= 0.3 is 0 Å². The van der Waals surface area contributed by atoms with Crippen LogP contribution >= 0.6 is 0 Å². The fourth-order valence-corrected chi connectivity index (χ4v) is 2.94. The van der Waals surface area contributed by atoms with Crippen LogP contribution in [0.1, 0.15) is 25.0 Å². The highest BCUT2D eigenvalue weighted by atomic mass is 32.2. The standard InChI is InChI=1S/C11H18N4O2S/c1-9-5-7-13-11(15-9)18(16,17)14-8-10-4-2-3-6-12-10/h5,7,10,12,14H,2-4,6,8H2,1H3. The average molecular weight is 270 g/mol. The second kappa shape index (κ2) is 5.73. The fraction of sp³-hybridized carbons (Fsp3) is 0.636. The molecule has 0 spiro atoms. The van der Waals surface area contributed by atoms with Crippen molar-refractivity contribution in [1.82, 2.24) is 20.0 Å². The molecule has 2 rings (SSSR count). The molecular formula is C11H18N4O2S. The lowest BCUT2D eigenvalue weighted by Crippen LogP contribution is -2.43. The van der Waals surface area contributed by atoms with E-state index in [2.05, 4.69) is 20.0 Å². The first kappa shape index (κ1) is 13.4. The van der Waals surface area contributed by atoms with Crippen molar-refractivity contribution in [2.45, 2.75) is 37.4 Å². The van der Waals surface area contributed by atoms with Crippen LogP contribution in [-0.4, -0.2) is 37.5 Å². The van der Waals surface area contributed by atoms with Crippen LogP contribution in [0, 0.1) is 6.92 Å². The number of nitrogens with zero attached hydrogens (tertiary/aromatic N) is 2.